The Morgan fingerprint density at radius 3 is 2.37 bits per heavy atom. The van der Waals surface area contributed by atoms with E-state index in [9.17, 15) is 9.18 Å². The summed E-state index contributed by atoms with van der Waals surface area (Å²) < 4.78 is 13.3. The molecule has 1 amide bonds. The number of hydrogen-bond donors (Lipinski definition) is 2. The molecule has 0 aromatic heterocycles. The van der Waals surface area contributed by atoms with Gasteiger partial charge in [0.15, 0.2) is 0 Å². The molecular weight excluding hydrogens is 267 g/mol. The Labute approximate surface area is 115 Å². The molecule has 0 saturated carbocycles. The predicted octanol–water partition coefficient (Wildman–Crippen LogP) is 3.53. The number of carbonyl (C=O) groups is 1. The predicted molar refractivity (Wildman–Crippen MR) is 75.0 cm³/mol. The molecule has 2 aromatic rings. The van der Waals surface area contributed by atoms with Crippen LogP contribution in [-0.2, 0) is 4.79 Å². The number of rotatable bonds is 4. The summed E-state index contributed by atoms with van der Waals surface area (Å²) in [5.41, 5.74) is 0.821. The molecule has 2 aromatic carbocycles. The number of anilines is 2. The lowest BCUT2D eigenvalue weighted by Crippen LogP contribution is -2.22. The van der Waals surface area contributed by atoms with Gasteiger partial charge in [-0.15, -0.1) is 0 Å². The Balaban J connectivity index is 1.92. The Morgan fingerprint density at radius 1 is 1.05 bits per heavy atom. The quantitative estimate of drug-likeness (QED) is 0.898. The van der Waals surface area contributed by atoms with Gasteiger partial charge in [-0.05, 0) is 24.3 Å². The summed E-state index contributed by atoms with van der Waals surface area (Å²) in [6.45, 7) is -0.0356. The van der Waals surface area contributed by atoms with Crippen molar-refractivity contribution in [1.82, 2.24) is 0 Å². The maximum atomic E-state index is 13.3. The van der Waals surface area contributed by atoms with Crippen LogP contribution in [0.15, 0.2) is 48.5 Å². The van der Waals surface area contributed by atoms with Gasteiger partial charge in [-0.25, -0.2) is 4.39 Å². The molecule has 0 unspecified atom stereocenters. The highest BCUT2D eigenvalue weighted by molar-refractivity contribution is 6.33. The Kier molecular flexibility index (Phi) is 4.36. The number of nitrogens with one attached hydrogen (secondary N) is 2. The van der Waals surface area contributed by atoms with E-state index in [1.807, 2.05) is 0 Å². The van der Waals surface area contributed by atoms with Gasteiger partial charge in [0.2, 0.25) is 5.91 Å². The van der Waals surface area contributed by atoms with Gasteiger partial charge in [0.05, 0.1) is 22.9 Å². The first-order valence-corrected chi connectivity index (χ1v) is 6.07. The molecule has 0 bridgehead atoms. The lowest BCUT2D eigenvalue weighted by molar-refractivity contribution is -0.114. The van der Waals surface area contributed by atoms with E-state index in [2.05, 4.69) is 10.6 Å². The van der Waals surface area contributed by atoms with Crippen LogP contribution in [0.3, 0.4) is 0 Å². The van der Waals surface area contributed by atoms with Crippen molar-refractivity contribution in [3.05, 3.63) is 59.4 Å². The third-order valence-corrected chi connectivity index (χ3v) is 2.79. The number of para-hydroxylation sites is 2. The fourth-order valence-corrected chi connectivity index (χ4v) is 1.72. The van der Waals surface area contributed by atoms with Gasteiger partial charge in [0.25, 0.3) is 0 Å². The molecule has 0 aliphatic heterocycles. The van der Waals surface area contributed by atoms with E-state index < -0.39 is 5.82 Å². The highest BCUT2D eigenvalue weighted by Crippen LogP contribution is 2.20. The van der Waals surface area contributed by atoms with Crippen LogP contribution in [0.2, 0.25) is 5.02 Å². The van der Waals surface area contributed by atoms with Crippen molar-refractivity contribution >= 4 is 28.9 Å². The first-order valence-electron chi connectivity index (χ1n) is 5.69. The van der Waals surface area contributed by atoms with Crippen LogP contribution in [0, 0.1) is 5.82 Å². The molecule has 0 saturated heterocycles. The average Bonchev–Trinajstić information content (AvgIpc) is 2.40. The monoisotopic (exact) mass is 278 g/mol. The zero-order chi connectivity index (χ0) is 13.7. The molecule has 2 rings (SSSR count). The third kappa shape index (κ3) is 3.69. The summed E-state index contributed by atoms with van der Waals surface area (Å²) in [5.74, 6) is -0.690. The lowest BCUT2D eigenvalue weighted by Gasteiger charge is -2.09. The molecule has 5 heteroatoms. The first kappa shape index (κ1) is 13.4. The zero-order valence-corrected chi connectivity index (χ0v) is 10.7. The van der Waals surface area contributed by atoms with E-state index >= 15 is 0 Å². The van der Waals surface area contributed by atoms with Crippen molar-refractivity contribution in [2.45, 2.75) is 0 Å². The summed E-state index contributed by atoms with van der Waals surface area (Å²) in [7, 11) is 0. The van der Waals surface area contributed by atoms with Gasteiger partial charge >= 0.3 is 0 Å². The van der Waals surface area contributed by atoms with E-state index in [-0.39, 0.29) is 18.1 Å². The van der Waals surface area contributed by atoms with Gasteiger partial charge < -0.3 is 10.6 Å². The lowest BCUT2D eigenvalue weighted by atomic mass is 10.3. The smallest absolute Gasteiger partial charge is 0.243 e. The van der Waals surface area contributed by atoms with Crippen LogP contribution in [0.5, 0.6) is 0 Å². The molecule has 0 spiro atoms. The van der Waals surface area contributed by atoms with Gasteiger partial charge in [0, 0.05) is 0 Å². The Hall–Kier alpha value is -2.07. The summed E-state index contributed by atoms with van der Waals surface area (Å²) in [5, 5.41) is 5.83. The SMILES string of the molecule is O=C(CNc1ccccc1F)Nc1ccccc1Cl. The minimum absolute atomic E-state index is 0.0356. The standard InChI is InChI=1S/C14H12ClFN2O/c15-10-5-1-3-7-12(10)18-14(19)9-17-13-8-4-2-6-11(13)16/h1-8,17H,9H2,(H,18,19). The highest BCUT2D eigenvalue weighted by Gasteiger charge is 2.06. The minimum atomic E-state index is -0.395. The van der Waals surface area contributed by atoms with E-state index in [4.69, 9.17) is 11.6 Å². The molecule has 0 heterocycles. The minimum Gasteiger partial charge on any atom is -0.374 e. The van der Waals surface area contributed by atoms with Crippen LogP contribution >= 0.6 is 11.6 Å². The summed E-state index contributed by atoms with van der Waals surface area (Å²) in [6, 6.07) is 13.1. The summed E-state index contributed by atoms with van der Waals surface area (Å²) in [4.78, 5) is 11.7. The summed E-state index contributed by atoms with van der Waals surface area (Å²) in [6.07, 6.45) is 0. The van der Waals surface area contributed by atoms with Gasteiger partial charge in [-0.3, -0.25) is 4.79 Å². The fraction of sp³-hybridized carbons (Fsp3) is 0.0714. The van der Waals surface area contributed by atoms with Crippen molar-refractivity contribution in [2.24, 2.45) is 0 Å². The molecule has 0 atom stereocenters. The number of benzene rings is 2. The molecule has 0 radical (unpaired) electrons. The molecule has 0 fully saturated rings. The molecule has 0 aliphatic carbocycles. The van der Waals surface area contributed by atoms with Crippen LogP contribution in [0.4, 0.5) is 15.8 Å². The fourth-order valence-electron chi connectivity index (χ4n) is 1.54. The topological polar surface area (TPSA) is 41.1 Å². The van der Waals surface area contributed by atoms with E-state index in [1.165, 1.54) is 6.07 Å². The van der Waals surface area contributed by atoms with Crippen molar-refractivity contribution in [2.75, 3.05) is 17.2 Å². The number of amides is 1. The normalized spacial score (nSPS) is 10.0. The van der Waals surface area contributed by atoms with E-state index in [1.54, 1.807) is 42.5 Å². The molecule has 3 nitrogen and oxygen atoms in total. The highest BCUT2D eigenvalue weighted by atomic mass is 35.5. The molecule has 2 N–H and O–H groups in total. The Morgan fingerprint density at radius 2 is 1.68 bits per heavy atom. The zero-order valence-electron chi connectivity index (χ0n) is 9.99. The maximum absolute atomic E-state index is 13.3. The van der Waals surface area contributed by atoms with Gasteiger partial charge in [-0.1, -0.05) is 35.9 Å². The largest absolute Gasteiger partial charge is 0.374 e. The molecule has 0 aliphatic rings. The van der Waals surface area contributed by atoms with Crippen LogP contribution in [0.25, 0.3) is 0 Å². The van der Waals surface area contributed by atoms with Crippen LogP contribution in [0.1, 0.15) is 0 Å². The van der Waals surface area contributed by atoms with E-state index in [0.717, 1.165) is 0 Å². The van der Waals surface area contributed by atoms with Crippen LogP contribution < -0.4 is 10.6 Å². The molecular formula is C14H12ClFN2O. The van der Waals surface area contributed by atoms with Gasteiger partial charge in [0.1, 0.15) is 5.82 Å². The Bertz CT molecular complexity index is 589. The van der Waals surface area contributed by atoms with Crippen LogP contribution in [-0.4, -0.2) is 12.5 Å². The number of carbonyl (C=O) groups excluding carboxylic acids is 1. The second-order valence-corrected chi connectivity index (χ2v) is 4.27. The van der Waals surface area contributed by atoms with Gasteiger partial charge in [-0.2, -0.15) is 0 Å². The average molecular weight is 279 g/mol. The molecule has 98 valence electrons. The first-order chi connectivity index (χ1) is 9.16. The number of hydrogen-bond acceptors (Lipinski definition) is 2. The number of halogens is 2. The maximum Gasteiger partial charge on any atom is 0.243 e. The van der Waals surface area contributed by atoms with Crippen molar-refractivity contribution in [3.8, 4) is 0 Å². The second-order valence-electron chi connectivity index (χ2n) is 3.86. The van der Waals surface area contributed by atoms with Crippen molar-refractivity contribution in [1.29, 1.82) is 0 Å². The summed E-state index contributed by atoms with van der Waals surface area (Å²) >= 11 is 5.92. The third-order valence-electron chi connectivity index (χ3n) is 2.46. The van der Waals surface area contributed by atoms with Crippen molar-refractivity contribution < 1.29 is 9.18 Å². The van der Waals surface area contributed by atoms with E-state index in [0.29, 0.717) is 10.7 Å². The molecule has 19 heavy (non-hydrogen) atoms. The van der Waals surface area contributed by atoms with Crippen molar-refractivity contribution in [3.63, 3.8) is 0 Å². The second kappa shape index (κ2) is 6.20.